The molecular formula is C15H22N4O2. The molecular weight excluding hydrogens is 268 g/mol. The Morgan fingerprint density at radius 2 is 2.19 bits per heavy atom. The maximum atomic E-state index is 5.33. The highest BCUT2D eigenvalue weighted by Gasteiger charge is 2.11. The van der Waals surface area contributed by atoms with Gasteiger partial charge in [0.25, 0.3) is 0 Å². The van der Waals surface area contributed by atoms with Gasteiger partial charge in [-0.25, -0.2) is 9.97 Å². The first-order valence-electron chi connectivity index (χ1n) is 6.99. The highest BCUT2D eigenvalue weighted by Crippen LogP contribution is 2.19. The molecule has 0 fully saturated rings. The fourth-order valence-corrected chi connectivity index (χ4v) is 2.06. The number of nitrogens with zero attached hydrogens (tertiary/aromatic N) is 3. The second-order valence-corrected chi connectivity index (χ2v) is 4.85. The minimum atomic E-state index is 0.394. The van der Waals surface area contributed by atoms with Gasteiger partial charge in [-0.2, -0.15) is 0 Å². The maximum absolute atomic E-state index is 5.33. The zero-order chi connectivity index (χ0) is 15.2. The summed E-state index contributed by atoms with van der Waals surface area (Å²) < 4.78 is 10.5. The molecule has 1 N–H and O–H groups in total. The minimum Gasteiger partial charge on any atom is -0.469 e. The number of methoxy groups -OCH3 is 1. The van der Waals surface area contributed by atoms with E-state index in [0.29, 0.717) is 12.4 Å². The summed E-state index contributed by atoms with van der Waals surface area (Å²) in [5.74, 6) is 3.26. The summed E-state index contributed by atoms with van der Waals surface area (Å²) in [4.78, 5) is 11.0. The van der Waals surface area contributed by atoms with Crippen molar-refractivity contribution in [3.63, 3.8) is 0 Å². The summed E-state index contributed by atoms with van der Waals surface area (Å²) in [6, 6.07) is 3.92. The molecule has 0 radical (unpaired) electrons. The first-order valence-corrected chi connectivity index (χ1v) is 6.99. The van der Waals surface area contributed by atoms with Crippen molar-refractivity contribution in [1.82, 2.24) is 9.97 Å². The van der Waals surface area contributed by atoms with Crippen molar-refractivity contribution in [3.05, 3.63) is 35.5 Å². The van der Waals surface area contributed by atoms with E-state index in [1.54, 1.807) is 13.4 Å². The average Bonchev–Trinajstić information content (AvgIpc) is 2.85. The minimum absolute atomic E-state index is 0.394. The fraction of sp³-hybridized carbons (Fsp3) is 0.467. The third-order valence-electron chi connectivity index (χ3n) is 3.16. The second-order valence-electron chi connectivity index (χ2n) is 4.85. The zero-order valence-corrected chi connectivity index (χ0v) is 13.0. The summed E-state index contributed by atoms with van der Waals surface area (Å²) in [6.45, 7) is 5.94. The largest absolute Gasteiger partial charge is 0.469 e. The van der Waals surface area contributed by atoms with Gasteiger partial charge >= 0.3 is 0 Å². The van der Waals surface area contributed by atoms with Crippen LogP contribution in [0.15, 0.2) is 22.8 Å². The van der Waals surface area contributed by atoms with Crippen molar-refractivity contribution in [2.75, 3.05) is 30.9 Å². The Labute approximate surface area is 125 Å². The predicted molar refractivity (Wildman–Crippen MR) is 82.5 cm³/mol. The maximum Gasteiger partial charge on any atom is 0.158 e. The van der Waals surface area contributed by atoms with Crippen LogP contribution in [0, 0.1) is 6.92 Å². The Morgan fingerprint density at radius 1 is 1.38 bits per heavy atom. The lowest BCUT2D eigenvalue weighted by Crippen LogP contribution is -2.19. The first-order chi connectivity index (χ1) is 10.1. The van der Waals surface area contributed by atoms with E-state index >= 15 is 0 Å². The monoisotopic (exact) mass is 290 g/mol. The Bertz CT molecular complexity index is 559. The van der Waals surface area contributed by atoms with Gasteiger partial charge in [0.05, 0.1) is 6.26 Å². The number of furan rings is 1. The number of aryl methyl sites for hydroxylation is 1. The number of anilines is 2. The highest BCUT2D eigenvalue weighted by molar-refractivity contribution is 5.49. The third kappa shape index (κ3) is 3.95. The van der Waals surface area contributed by atoms with Crippen LogP contribution >= 0.6 is 0 Å². The molecule has 0 bridgehead atoms. The van der Waals surface area contributed by atoms with Crippen LogP contribution in [0.4, 0.5) is 11.6 Å². The van der Waals surface area contributed by atoms with Crippen molar-refractivity contribution in [3.8, 4) is 0 Å². The molecule has 2 rings (SSSR count). The summed E-state index contributed by atoms with van der Waals surface area (Å²) in [5, 5.41) is 3.22. The fourth-order valence-electron chi connectivity index (χ4n) is 2.06. The first kappa shape index (κ1) is 15.3. The van der Waals surface area contributed by atoms with Crippen LogP contribution in [0.2, 0.25) is 0 Å². The summed E-state index contributed by atoms with van der Waals surface area (Å²) in [5.41, 5.74) is 1.15. The van der Waals surface area contributed by atoms with E-state index in [1.165, 1.54) is 0 Å². The van der Waals surface area contributed by atoms with E-state index < -0.39 is 0 Å². The van der Waals surface area contributed by atoms with Gasteiger partial charge < -0.3 is 19.4 Å². The standard InChI is InChI=1S/C15H22N4O2/c1-5-16-13-8-15(18-14(17-13)10-20-4)19(3)9-12-6-7-21-11(12)2/h6-8H,5,9-10H2,1-4H3,(H,16,17,18). The molecule has 0 aliphatic carbocycles. The molecule has 0 atom stereocenters. The number of aromatic nitrogens is 2. The molecule has 2 heterocycles. The van der Waals surface area contributed by atoms with E-state index in [-0.39, 0.29) is 0 Å². The number of rotatable bonds is 7. The van der Waals surface area contributed by atoms with Crippen LogP contribution in [0.3, 0.4) is 0 Å². The second kappa shape index (κ2) is 7.08. The van der Waals surface area contributed by atoms with E-state index in [1.807, 2.05) is 33.0 Å². The Kier molecular flexibility index (Phi) is 5.16. The molecule has 0 saturated carbocycles. The molecule has 0 aromatic carbocycles. The van der Waals surface area contributed by atoms with Gasteiger partial charge in [0.2, 0.25) is 0 Å². The Balaban J connectivity index is 2.22. The molecule has 114 valence electrons. The predicted octanol–water partition coefficient (Wildman–Crippen LogP) is 2.59. The normalized spacial score (nSPS) is 10.7. The van der Waals surface area contributed by atoms with Crippen molar-refractivity contribution >= 4 is 11.6 Å². The number of nitrogens with one attached hydrogen (secondary N) is 1. The van der Waals surface area contributed by atoms with Gasteiger partial charge in [-0.1, -0.05) is 0 Å². The van der Waals surface area contributed by atoms with Gasteiger partial charge in [-0.15, -0.1) is 0 Å². The van der Waals surface area contributed by atoms with Crippen LogP contribution in [-0.2, 0) is 17.9 Å². The van der Waals surface area contributed by atoms with Crippen LogP contribution < -0.4 is 10.2 Å². The summed E-state index contributed by atoms with van der Waals surface area (Å²) >= 11 is 0. The lowest BCUT2D eigenvalue weighted by atomic mass is 10.2. The molecule has 0 saturated heterocycles. The average molecular weight is 290 g/mol. The molecule has 6 heteroatoms. The molecule has 0 spiro atoms. The highest BCUT2D eigenvalue weighted by atomic mass is 16.5. The molecule has 2 aromatic rings. The quantitative estimate of drug-likeness (QED) is 0.845. The van der Waals surface area contributed by atoms with Crippen LogP contribution in [0.5, 0.6) is 0 Å². The summed E-state index contributed by atoms with van der Waals surface area (Å²) in [7, 11) is 3.64. The Morgan fingerprint density at radius 3 is 2.81 bits per heavy atom. The molecule has 0 unspecified atom stereocenters. The van der Waals surface area contributed by atoms with Crippen LogP contribution in [-0.4, -0.2) is 30.7 Å². The van der Waals surface area contributed by atoms with E-state index in [9.17, 15) is 0 Å². The third-order valence-corrected chi connectivity index (χ3v) is 3.16. The molecule has 6 nitrogen and oxygen atoms in total. The van der Waals surface area contributed by atoms with Gasteiger partial charge in [0.1, 0.15) is 24.0 Å². The molecule has 0 aliphatic rings. The molecule has 0 aliphatic heterocycles. The topological polar surface area (TPSA) is 63.4 Å². The van der Waals surface area contributed by atoms with Gasteiger partial charge in [0.15, 0.2) is 5.82 Å². The van der Waals surface area contributed by atoms with Gasteiger partial charge in [-0.05, 0) is 19.9 Å². The van der Waals surface area contributed by atoms with E-state index in [0.717, 1.165) is 36.0 Å². The van der Waals surface area contributed by atoms with Crippen molar-refractivity contribution in [2.24, 2.45) is 0 Å². The van der Waals surface area contributed by atoms with E-state index in [2.05, 4.69) is 20.2 Å². The van der Waals surface area contributed by atoms with Crippen molar-refractivity contribution < 1.29 is 9.15 Å². The summed E-state index contributed by atoms with van der Waals surface area (Å²) in [6.07, 6.45) is 1.71. The van der Waals surface area contributed by atoms with Crippen molar-refractivity contribution in [2.45, 2.75) is 27.0 Å². The van der Waals surface area contributed by atoms with Crippen LogP contribution in [0.25, 0.3) is 0 Å². The Hall–Kier alpha value is -2.08. The number of hydrogen-bond acceptors (Lipinski definition) is 6. The SMILES string of the molecule is CCNc1cc(N(C)Cc2ccoc2C)nc(COC)n1. The molecule has 21 heavy (non-hydrogen) atoms. The molecule has 2 aromatic heterocycles. The van der Waals surface area contributed by atoms with Gasteiger partial charge in [0, 0.05) is 38.9 Å². The van der Waals surface area contributed by atoms with Crippen LogP contribution in [0.1, 0.15) is 24.1 Å². The zero-order valence-electron chi connectivity index (χ0n) is 13.0. The smallest absolute Gasteiger partial charge is 0.158 e. The van der Waals surface area contributed by atoms with E-state index in [4.69, 9.17) is 9.15 Å². The lowest BCUT2D eigenvalue weighted by Gasteiger charge is -2.19. The van der Waals surface area contributed by atoms with Gasteiger partial charge in [-0.3, -0.25) is 0 Å². The van der Waals surface area contributed by atoms with Crippen molar-refractivity contribution in [1.29, 1.82) is 0 Å². The number of ether oxygens (including phenoxy) is 1. The lowest BCUT2D eigenvalue weighted by molar-refractivity contribution is 0.178. The molecule has 0 amide bonds. The number of hydrogen-bond donors (Lipinski definition) is 1.